The lowest BCUT2D eigenvalue weighted by molar-refractivity contribution is 0.388. The third-order valence-electron chi connectivity index (χ3n) is 2.23. The lowest BCUT2D eigenvalue weighted by atomic mass is 10.1. The van der Waals surface area contributed by atoms with E-state index in [0.29, 0.717) is 15.6 Å². The van der Waals surface area contributed by atoms with Crippen LogP contribution in [0.5, 0.6) is 5.88 Å². The molecule has 0 N–H and O–H groups in total. The Morgan fingerprint density at radius 1 is 1.06 bits per heavy atom. The van der Waals surface area contributed by atoms with E-state index in [1.54, 1.807) is 24.3 Å². The summed E-state index contributed by atoms with van der Waals surface area (Å²) in [4.78, 5) is 3.57. The summed E-state index contributed by atoms with van der Waals surface area (Å²) in [7, 11) is 1.43. The van der Waals surface area contributed by atoms with Gasteiger partial charge in [0.05, 0.1) is 17.2 Å². The summed E-state index contributed by atoms with van der Waals surface area (Å²) in [6.45, 7) is 0. The Balaban J connectivity index is 2.52. The van der Waals surface area contributed by atoms with Crippen LogP contribution < -0.4 is 4.74 Å². The monoisotopic (exact) mass is 271 g/mol. The van der Waals surface area contributed by atoms with Gasteiger partial charge >= 0.3 is 0 Å². The molecule has 1 heterocycles. The second kappa shape index (κ2) is 4.90. The Morgan fingerprint density at radius 3 is 2.47 bits per heavy atom. The normalized spacial score (nSPS) is 10.4. The van der Waals surface area contributed by atoms with E-state index in [2.05, 4.69) is 4.98 Å². The third-order valence-corrected chi connectivity index (χ3v) is 2.97. The molecule has 0 saturated heterocycles. The summed E-state index contributed by atoms with van der Waals surface area (Å²) >= 11 is 11.7. The quantitative estimate of drug-likeness (QED) is 0.764. The number of hydrogen-bond acceptors (Lipinski definition) is 2. The van der Waals surface area contributed by atoms with Crippen LogP contribution in [0.2, 0.25) is 10.0 Å². The molecule has 0 atom stereocenters. The average Bonchev–Trinajstić information content (AvgIpc) is 2.32. The summed E-state index contributed by atoms with van der Waals surface area (Å²) in [6.07, 6.45) is 0. The highest BCUT2D eigenvalue weighted by Gasteiger charge is 2.06. The zero-order valence-corrected chi connectivity index (χ0v) is 10.4. The number of hydrogen-bond donors (Lipinski definition) is 0. The van der Waals surface area contributed by atoms with E-state index in [-0.39, 0.29) is 5.88 Å². The van der Waals surface area contributed by atoms with Gasteiger partial charge in [0, 0.05) is 12.1 Å². The molecule has 2 rings (SSSR count). The van der Waals surface area contributed by atoms with Gasteiger partial charge in [0.25, 0.3) is 0 Å². The van der Waals surface area contributed by atoms with Crippen molar-refractivity contribution in [1.82, 2.24) is 4.98 Å². The van der Waals surface area contributed by atoms with E-state index in [1.807, 2.05) is 0 Å². The topological polar surface area (TPSA) is 22.1 Å². The molecule has 2 nitrogen and oxygen atoms in total. The van der Waals surface area contributed by atoms with Crippen LogP contribution in [0.15, 0.2) is 30.3 Å². The summed E-state index contributed by atoms with van der Waals surface area (Å²) < 4.78 is 18.1. The first-order valence-corrected chi connectivity index (χ1v) is 5.53. The molecule has 0 saturated carbocycles. The fraction of sp³-hybridized carbons (Fsp3) is 0.0833. The van der Waals surface area contributed by atoms with Gasteiger partial charge in [-0.1, -0.05) is 29.3 Å². The molecular formula is C12H8Cl2FNO. The van der Waals surface area contributed by atoms with Crippen molar-refractivity contribution in [3.05, 3.63) is 46.3 Å². The Kier molecular flexibility index (Phi) is 3.50. The van der Waals surface area contributed by atoms with Crippen molar-refractivity contribution in [1.29, 1.82) is 0 Å². The molecule has 0 aliphatic heterocycles. The molecule has 0 radical (unpaired) electrons. The van der Waals surface area contributed by atoms with Crippen molar-refractivity contribution in [2.45, 2.75) is 0 Å². The predicted molar refractivity (Wildman–Crippen MR) is 66.2 cm³/mol. The number of methoxy groups -OCH3 is 1. The molecule has 0 fully saturated rings. The first-order chi connectivity index (χ1) is 8.10. The van der Waals surface area contributed by atoms with Crippen LogP contribution in [-0.4, -0.2) is 12.1 Å². The van der Waals surface area contributed by atoms with Gasteiger partial charge in [-0.25, -0.2) is 0 Å². The van der Waals surface area contributed by atoms with Crippen LogP contribution in [0.25, 0.3) is 11.1 Å². The van der Waals surface area contributed by atoms with E-state index in [4.69, 9.17) is 27.9 Å². The Morgan fingerprint density at radius 2 is 1.82 bits per heavy atom. The standard InChI is InChI=1S/C12H8Cl2FNO/c1-17-12-6-8(5-11(15)16-12)7-2-3-9(13)10(14)4-7/h2-6H,1H3. The highest BCUT2D eigenvalue weighted by atomic mass is 35.5. The minimum absolute atomic E-state index is 0.214. The van der Waals surface area contributed by atoms with Crippen molar-refractivity contribution in [3.63, 3.8) is 0 Å². The van der Waals surface area contributed by atoms with Crippen LogP contribution in [0.1, 0.15) is 0 Å². The van der Waals surface area contributed by atoms with Gasteiger partial charge in [0.15, 0.2) is 0 Å². The third kappa shape index (κ3) is 2.68. The van der Waals surface area contributed by atoms with Gasteiger partial charge in [-0.3, -0.25) is 0 Å². The minimum atomic E-state index is -0.606. The summed E-state index contributed by atoms with van der Waals surface area (Å²) in [6, 6.07) is 8.01. The van der Waals surface area contributed by atoms with Crippen molar-refractivity contribution in [3.8, 4) is 17.0 Å². The Hall–Kier alpha value is -1.32. The molecule has 17 heavy (non-hydrogen) atoms. The highest BCUT2D eigenvalue weighted by Crippen LogP contribution is 2.29. The zero-order chi connectivity index (χ0) is 12.4. The van der Waals surface area contributed by atoms with Gasteiger partial charge in [0.1, 0.15) is 0 Å². The van der Waals surface area contributed by atoms with Crippen molar-refractivity contribution >= 4 is 23.2 Å². The van der Waals surface area contributed by atoms with E-state index >= 15 is 0 Å². The number of benzene rings is 1. The lowest BCUT2D eigenvalue weighted by Gasteiger charge is -2.05. The Labute approximate surface area is 108 Å². The van der Waals surface area contributed by atoms with E-state index in [0.717, 1.165) is 5.56 Å². The number of ether oxygens (including phenoxy) is 1. The first-order valence-electron chi connectivity index (χ1n) is 4.77. The summed E-state index contributed by atoms with van der Waals surface area (Å²) in [5.74, 6) is -0.392. The summed E-state index contributed by atoms with van der Waals surface area (Å²) in [5, 5.41) is 0.872. The fourth-order valence-corrected chi connectivity index (χ4v) is 1.72. The van der Waals surface area contributed by atoms with Crippen LogP contribution in [0.3, 0.4) is 0 Å². The lowest BCUT2D eigenvalue weighted by Crippen LogP contribution is -1.92. The minimum Gasteiger partial charge on any atom is -0.481 e. The van der Waals surface area contributed by atoms with Gasteiger partial charge in [0.2, 0.25) is 11.8 Å². The van der Waals surface area contributed by atoms with Crippen LogP contribution in [0.4, 0.5) is 4.39 Å². The smallest absolute Gasteiger partial charge is 0.216 e. The number of halogens is 3. The molecule has 88 valence electrons. The fourth-order valence-electron chi connectivity index (χ4n) is 1.42. The van der Waals surface area contributed by atoms with Crippen LogP contribution in [-0.2, 0) is 0 Å². The molecule has 0 spiro atoms. The molecule has 0 bridgehead atoms. The van der Waals surface area contributed by atoms with Crippen molar-refractivity contribution < 1.29 is 9.13 Å². The van der Waals surface area contributed by atoms with Crippen molar-refractivity contribution in [2.24, 2.45) is 0 Å². The molecule has 2 aromatic rings. The maximum Gasteiger partial charge on any atom is 0.216 e. The maximum absolute atomic E-state index is 13.2. The number of nitrogens with zero attached hydrogens (tertiary/aromatic N) is 1. The van der Waals surface area contributed by atoms with Gasteiger partial charge in [-0.05, 0) is 23.3 Å². The van der Waals surface area contributed by atoms with E-state index in [1.165, 1.54) is 13.2 Å². The average molecular weight is 272 g/mol. The molecule has 0 aliphatic carbocycles. The van der Waals surface area contributed by atoms with E-state index in [9.17, 15) is 4.39 Å². The predicted octanol–water partition coefficient (Wildman–Crippen LogP) is 4.20. The van der Waals surface area contributed by atoms with Crippen LogP contribution in [0, 0.1) is 5.95 Å². The maximum atomic E-state index is 13.2. The molecule has 0 aliphatic rings. The second-order valence-corrected chi connectivity index (χ2v) is 4.16. The number of pyridine rings is 1. The molecule has 5 heteroatoms. The van der Waals surface area contributed by atoms with Crippen molar-refractivity contribution in [2.75, 3.05) is 7.11 Å². The van der Waals surface area contributed by atoms with Gasteiger partial charge < -0.3 is 4.74 Å². The molecule has 1 aromatic heterocycles. The highest BCUT2D eigenvalue weighted by molar-refractivity contribution is 6.42. The van der Waals surface area contributed by atoms with Crippen LogP contribution >= 0.6 is 23.2 Å². The number of aromatic nitrogens is 1. The Bertz CT molecular complexity index is 560. The first kappa shape index (κ1) is 12.1. The largest absolute Gasteiger partial charge is 0.481 e. The van der Waals surface area contributed by atoms with Gasteiger partial charge in [-0.15, -0.1) is 0 Å². The molecule has 0 unspecified atom stereocenters. The van der Waals surface area contributed by atoms with E-state index < -0.39 is 5.95 Å². The summed E-state index contributed by atoms with van der Waals surface area (Å²) in [5.41, 5.74) is 1.38. The molecule has 1 aromatic carbocycles. The second-order valence-electron chi connectivity index (χ2n) is 3.35. The SMILES string of the molecule is COc1cc(-c2ccc(Cl)c(Cl)c2)cc(F)n1. The zero-order valence-electron chi connectivity index (χ0n) is 8.88. The number of rotatable bonds is 2. The van der Waals surface area contributed by atoms with Gasteiger partial charge in [-0.2, -0.15) is 9.37 Å². The molecular weight excluding hydrogens is 264 g/mol. The molecule has 0 amide bonds.